The third-order valence-electron chi connectivity index (χ3n) is 5.62. The van der Waals surface area contributed by atoms with Crippen LogP contribution >= 0.6 is 0 Å². The van der Waals surface area contributed by atoms with Gasteiger partial charge in [-0.15, -0.1) is 0 Å². The van der Waals surface area contributed by atoms with Gasteiger partial charge in [0.05, 0.1) is 24.6 Å². The molecule has 0 bridgehead atoms. The fourth-order valence-corrected chi connectivity index (χ4v) is 3.95. The largest absolute Gasteiger partial charge is 0.376 e. The number of anilines is 2. The van der Waals surface area contributed by atoms with Gasteiger partial charge in [0.25, 0.3) is 0 Å². The van der Waals surface area contributed by atoms with E-state index in [2.05, 4.69) is 15.3 Å². The van der Waals surface area contributed by atoms with Crippen molar-refractivity contribution in [3.8, 4) is 0 Å². The second-order valence-electron chi connectivity index (χ2n) is 7.92. The number of ether oxygens (including phenoxy) is 2. The van der Waals surface area contributed by atoms with Crippen LogP contribution in [0.1, 0.15) is 43.0 Å². The molecule has 4 rings (SSSR count). The fraction of sp³-hybridized carbons (Fsp3) is 0.545. The lowest BCUT2D eigenvalue weighted by molar-refractivity contribution is -0.138. The highest BCUT2D eigenvalue weighted by atomic mass is 16.5. The van der Waals surface area contributed by atoms with E-state index in [0.717, 1.165) is 49.5 Å². The van der Waals surface area contributed by atoms with Crippen molar-refractivity contribution < 1.29 is 14.3 Å². The van der Waals surface area contributed by atoms with Crippen LogP contribution in [0.4, 0.5) is 11.6 Å². The van der Waals surface area contributed by atoms with Crippen LogP contribution in [0.3, 0.4) is 0 Å². The Labute approximate surface area is 177 Å². The summed E-state index contributed by atoms with van der Waals surface area (Å²) >= 11 is 0. The molecule has 1 amide bonds. The maximum Gasteiger partial charge on any atom is 0.248 e. The number of likely N-dealkylation sites (tertiary alicyclic amines) is 1. The minimum atomic E-state index is 0.0541. The molecule has 30 heavy (non-hydrogen) atoms. The van der Waals surface area contributed by atoms with E-state index in [1.807, 2.05) is 36.2 Å². The smallest absolute Gasteiger partial charge is 0.248 e. The molecule has 1 atom stereocenters. The van der Waals surface area contributed by atoms with Gasteiger partial charge in [0.15, 0.2) is 0 Å². The first-order chi connectivity index (χ1) is 14.7. The summed E-state index contributed by atoms with van der Waals surface area (Å²) in [5.41, 5.74) is 1.90. The van der Waals surface area contributed by atoms with Crippen LogP contribution in [0, 0.1) is 6.92 Å². The summed E-state index contributed by atoms with van der Waals surface area (Å²) < 4.78 is 11.1. The minimum absolute atomic E-state index is 0.0541. The van der Waals surface area contributed by atoms with E-state index in [9.17, 15) is 4.79 Å². The standard InChI is InChI=1S/C22H29N5O3/c1-16-4-2-6-20(24-16)26-21-13-23-12-19(25-21)17-7-9-27(10-8-17)22(28)15-29-14-18-5-3-11-30-18/h2,4,6,12-13,17-18H,3,5,7-11,14-15H2,1H3,(H,24,25,26)/t18-/m0/s1. The summed E-state index contributed by atoms with van der Waals surface area (Å²) in [5, 5.41) is 3.22. The van der Waals surface area contributed by atoms with E-state index in [-0.39, 0.29) is 18.6 Å². The van der Waals surface area contributed by atoms with Crippen molar-refractivity contribution >= 4 is 17.5 Å². The van der Waals surface area contributed by atoms with Gasteiger partial charge in [0.2, 0.25) is 5.91 Å². The molecule has 0 radical (unpaired) electrons. The maximum atomic E-state index is 12.4. The quantitative estimate of drug-likeness (QED) is 0.749. The van der Waals surface area contributed by atoms with Gasteiger partial charge < -0.3 is 19.7 Å². The lowest BCUT2D eigenvalue weighted by Gasteiger charge is -2.31. The van der Waals surface area contributed by atoms with Gasteiger partial charge in [-0.2, -0.15) is 0 Å². The van der Waals surface area contributed by atoms with Gasteiger partial charge >= 0.3 is 0 Å². The predicted octanol–water partition coefficient (Wildman–Crippen LogP) is 2.83. The van der Waals surface area contributed by atoms with Gasteiger partial charge in [-0.05, 0) is 44.7 Å². The van der Waals surface area contributed by atoms with E-state index in [0.29, 0.717) is 31.4 Å². The highest BCUT2D eigenvalue weighted by Crippen LogP contribution is 2.27. The Hall–Kier alpha value is -2.58. The topological polar surface area (TPSA) is 89.5 Å². The van der Waals surface area contributed by atoms with Crippen molar-refractivity contribution in [1.82, 2.24) is 19.9 Å². The third-order valence-corrected chi connectivity index (χ3v) is 5.62. The molecular formula is C22H29N5O3. The first kappa shape index (κ1) is 20.7. The van der Waals surface area contributed by atoms with Gasteiger partial charge in [0.1, 0.15) is 18.2 Å². The molecule has 2 aliphatic heterocycles. The number of hydrogen-bond donors (Lipinski definition) is 1. The van der Waals surface area contributed by atoms with Crippen molar-refractivity contribution in [2.45, 2.75) is 44.6 Å². The van der Waals surface area contributed by atoms with Crippen LogP contribution in [0.2, 0.25) is 0 Å². The van der Waals surface area contributed by atoms with Crippen LogP contribution in [-0.4, -0.2) is 64.8 Å². The number of aromatic nitrogens is 3. The molecule has 2 saturated heterocycles. The lowest BCUT2D eigenvalue weighted by atomic mass is 9.94. The number of pyridine rings is 1. The third kappa shape index (κ3) is 5.52. The van der Waals surface area contributed by atoms with E-state index in [4.69, 9.17) is 14.5 Å². The predicted molar refractivity (Wildman–Crippen MR) is 113 cm³/mol. The van der Waals surface area contributed by atoms with Crippen LogP contribution in [0.25, 0.3) is 0 Å². The lowest BCUT2D eigenvalue weighted by Crippen LogP contribution is -2.40. The number of carbonyl (C=O) groups is 1. The van der Waals surface area contributed by atoms with Crippen molar-refractivity contribution in [3.63, 3.8) is 0 Å². The molecule has 2 aromatic heterocycles. The van der Waals surface area contributed by atoms with Crippen molar-refractivity contribution in [2.75, 3.05) is 38.2 Å². The van der Waals surface area contributed by atoms with E-state index in [1.165, 1.54) is 0 Å². The molecule has 2 aliphatic rings. The molecule has 8 heteroatoms. The number of piperidine rings is 1. The van der Waals surface area contributed by atoms with Crippen LogP contribution in [-0.2, 0) is 14.3 Å². The Morgan fingerprint density at radius 1 is 1.20 bits per heavy atom. The number of nitrogens with zero attached hydrogens (tertiary/aromatic N) is 4. The zero-order valence-corrected chi connectivity index (χ0v) is 17.4. The molecule has 0 spiro atoms. The molecule has 4 heterocycles. The summed E-state index contributed by atoms with van der Waals surface area (Å²) in [6, 6.07) is 5.82. The average molecular weight is 412 g/mol. The zero-order valence-electron chi connectivity index (χ0n) is 17.4. The number of aryl methyl sites for hydroxylation is 1. The SMILES string of the molecule is Cc1cccc(Nc2cncc(C3CCN(C(=O)COC[C@@H]4CCCO4)CC3)n2)n1. The summed E-state index contributed by atoms with van der Waals surface area (Å²) in [6.45, 7) is 4.82. The van der Waals surface area contributed by atoms with E-state index < -0.39 is 0 Å². The summed E-state index contributed by atoms with van der Waals surface area (Å²) in [4.78, 5) is 27.8. The molecule has 8 nitrogen and oxygen atoms in total. The zero-order chi connectivity index (χ0) is 20.8. The normalized spacial score (nSPS) is 19.8. The second-order valence-corrected chi connectivity index (χ2v) is 7.92. The Morgan fingerprint density at radius 2 is 2.07 bits per heavy atom. The van der Waals surface area contributed by atoms with Gasteiger partial charge in [-0.1, -0.05) is 6.07 Å². The monoisotopic (exact) mass is 411 g/mol. The number of hydrogen-bond acceptors (Lipinski definition) is 7. The van der Waals surface area contributed by atoms with Gasteiger partial charge in [-0.25, -0.2) is 9.97 Å². The van der Waals surface area contributed by atoms with Gasteiger partial charge in [0, 0.05) is 37.5 Å². The summed E-state index contributed by atoms with van der Waals surface area (Å²) in [5.74, 6) is 1.79. The maximum absolute atomic E-state index is 12.4. The molecule has 1 N–H and O–H groups in total. The first-order valence-corrected chi connectivity index (χ1v) is 10.7. The Bertz CT molecular complexity index is 848. The van der Waals surface area contributed by atoms with E-state index >= 15 is 0 Å². The molecule has 0 aliphatic carbocycles. The number of nitrogens with one attached hydrogen (secondary N) is 1. The fourth-order valence-electron chi connectivity index (χ4n) is 3.95. The molecule has 2 aromatic rings. The first-order valence-electron chi connectivity index (χ1n) is 10.7. The minimum Gasteiger partial charge on any atom is -0.376 e. The van der Waals surface area contributed by atoms with Crippen LogP contribution in [0.5, 0.6) is 0 Å². The molecule has 2 fully saturated rings. The summed E-state index contributed by atoms with van der Waals surface area (Å²) in [7, 11) is 0. The van der Waals surface area contributed by atoms with Crippen LogP contribution < -0.4 is 5.32 Å². The number of amides is 1. The highest BCUT2D eigenvalue weighted by Gasteiger charge is 2.25. The molecular weight excluding hydrogens is 382 g/mol. The number of rotatable bonds is 7. The average Bonchev–Trinajstić information content (AvgIpc) is 3.28. The Balaban J connectivity index is 1.26. The van der Waals surface area contributed by atoms with Crippen molar-refractivity contribution in [1.29, 1.82) is 0 Å². The highest BCUT2D eigenvalue weighted by molar-refractivity contribution is 5.77. The summed E-state index contributed by atoms with van der Waals surface area (Å²) in [6.07, 6.45) is 7.53. The van der Waals surface area contributed by atoms with Crippen molar-refractivity contribution in [2.24, 2.45) is 0 Å². The van der Waals surface area contributed by atoms with Crippen LogP contribution in [0.15, 0.2) is 30.6 Å². The molecule has 0 aromatic carbocycles. The molecule has 0 unspecified atom stereocenters. The number of carbonyl (C=O) groups excluding carboxylic acids is 1. The Morgan fingerprint density at radius 3 is 2.83 bits per heavy atom. The van der Waals surface area contributed by atoms with Gasteiger partial charge in [-0.3, -0.25) is 9.78 Å². The Kier molecular flexibility index (Phi) is 6.86. The second kappa shape index (κ2) is 9.95. The van der Waals surface area contributed by atoms with E-state index in [1.54, 1.807) is 6.20 Å². The van der Waals surface area contributed by atoms with Crippen molar-refractivity contribution in [3.05, 3.63) is 42.0 Å². The molecule has 160 valence electrons. The molecule has 0 saturated carbocycles.